The Balaban J connectivity index is 1.02. The second-order valence-corrected chi connectivity index (χ2v) is 16.4. The molecule has 0 unspecified atom stereocenters. The van der Waals surface area contributed by atoms with E-state index >= 15 is 0 Å². The Morgan fingerprint density at radius 1 is 0.206 bits per heavy atom. The highest BCUT2D eigenvalue weighted by atomic mass is 15.1. The topological polar surface area (TPSA) is 3.24 Å². The molecule has 0 saturated carbocycles. The maximum Gasteiger partial charge on any atom is 0.0468 e. The van der Waals surface area contributed by atoms with E-state index in [-0.39, 0.29) is 0 Å². The molecule has 12 aromatic carbocycles. The summed E-state index contributed by atoms with van der Waals surface area (Å²) < 4.78 is 0. The molecule has 63 heavy (non-hydrogen) atoms. The molecule has 12 aromatic rings. The standard InChI is InChI=1S/C62H41N/c1-3-17-45(18-4-1)61-59-26-12-11-25-56(59)58-38-33-49(41-60(58)62(61)46-19-5-2-6-20-46)48-22-13-23-51(40-48)63(52-36-29-42-15-7-8-21-47(42)39-52)50-34-30-44(31-35-50)54-27-14-28-55-53-24-10-9-16-43(53)32-37-57(54)55/h1-41H. The quantitative estimate of drug-likeness (QED) is 0.145. The van der Waals surface area contributed by atoms with Gasteiger partial charge >= 0.3 is 0 Å². The summed E-state index contributed by atoms with van der Waals surface area (Å²) in [5, 5.41) is 12.5. The number of nitrogens with zero attached hydrogens (tertiary/aromatic N) is 1. The first-order chi connectivity index (χ1) is 31.2. The third-order valence-corrected chi connectivity index (χ3v) is 12.8. The molecule has 0 bridgehead atoms. The summed E-state index contributed by atoms with van der Waals surface area (Å²) >= 11 is 0. The first-order valence-corrected chi connectivity index (χ1v) is 21.7. The molecule has 294 valence electrons. The molecule has 0 heterocycles. The van der Waals surface area contributed by atoms with Crippen molar-refractivity contribution in [3.05, 3.63) is 249 Å². The van der Waals surface area contributed by atoms with Gasteiger partial charge in [-0.1, -0.05) is 206 Å². The van der Waals surface area contributed by atoms with Gasteiger partial charge in [0, 0.05) is 17.1 Å². The van der Waals surface area contributed by atoms with Gasteiger partial charge in [-0.25, -0.2) is 0 Å². The van der Waals surface area contributed by atoms with E-state index in [2.05, 4.69) is 254 Å². The highest BCUT2D eigenvalue weighted by Gasteiger charge is 2.20. The zero-order valence-electron chi connectivity index (χ0n) is 34.6. The fraction of sp³-hybridized carbons (Fsp3) is 0. The van der Waals surface area contributed by atoms with Crippen molar-refractivity contribution in [2.75, 3.05) is 4.90 Å². The highest BCUT2D eigenvalue weighted by Crippen LogP contribution is 2.46. The molecule has 1 heteroatoms. The van der Waals surface area contributed by atoms with Crippen molar-refractivity contribution in [3.8, 4) is 44.5 Å². The van der Waals surface area contributed by atoms with Crippen molar-refractivity contribution in [2.45, 2.75) is 0 Å². The van der Waals surface area contributed by atoms with Crippen molar-refractivity contribution in [1.29, 1.82) is 0 Å². The maximum absolute atomic E-state index is 2.41. The molecule has 0 aliphatic rings. The van der Waals surface area contributed by atoms with Gasteiger partial charge in [-0.2, -0.15) is 0 Å². The molecule has 1 nitrogen and oxygen atoms in total. The van der Waals surface area contributed by atoms with E-state index in [1.165, 1.54) is 92.8 Å². The molecule has 0 aromatic heterocycles. The van der Waals surface area contributed by atoms with Crippen LogP contribution in [0.2, 0.25) is 0 Å². The predicted octanol–water partition coefficient (Wildman–Crippen LogP) is 17.6. The lowest BCUT2D eigenvalue weighted by atomic mass is 9.84. The minimum Gasteiger partial charge on any atom is -0.310 e. The highest BCUT2D eigenvalue weighted by molar-refractivity contribution is 6.22. The number of fused-ring (bicyclic) bond motifs is 7. The Morgan fingerprint density at radius 2 is 0.698 bits per heavy atom. The molecule has 0 aliphatic heterocycles. The van der Waals surface area contributed by atoms with Crippen molar-refractivity contribution in [3.63, 3.8) is 0 Å². The lowest BCUT2D eigenvalue weighted by molar-refractivity contribution is 1.29. The van der Waals surface area contributed by atoms with Crippen LogP contribution in [-0.2, 0) is 0 Å². The van der Waals surface area contributed by atoms with Gasteiger partial charge < -0.3 is 4.90 Å². The predicted molar refractivity (Wildman–Crippen MR) is 270 cm³/mol. The Bertz CT molecular complexity index is 3660. The van der Waals surface area contributed by atoms with Crippen LogP contribution in [0.5, 0.6) is 0 Å². The molecule has 0 radical (unpaired) electrons. The summed E-state index contributed by atoms with van der Waals surface area (Å²) in [6, 6.07) is 91.1. The van der Waals surface area contributed by atoms with Crippen molar-refractivity contribution < 1.29 is 0 Å². The van der Waals surface area contributed by atoms with Gasteiger partial charge in [-0.05, 0) is 141 Å². The Hall–Kier alpha value is -8.26. The zero-order valence-corrected chi connectivity index (χ0v) is 34.6. The molecule has 0 fully saturated rings. The van der Waals surface area contributed by atoms with Gasteiger partial charge in [0.05, 0.1) is 0 Å². The number of rotatable bonds is 7. The number of hydrogen-bond acceptors (Lipinski definition) is 1. The molecule has 0 spiro atoms. The van der Waals surface area contributed by atoms with Crippen LogP contribution in [0.15, 0.2) is 249 Å². The normalized spacial score (nSPS) is 11.5. The number of benzene rings is 12. The maximum atomic E-state index is 2.41. The summed E-state index contributed by atoms with van der Waals surface area (Å²) in [6.07, 6.45) is 0. The first-order valence-electron chi connectivity index (χ1n) is 21.7. The van der Waals surface area contributed by atoms with Crippen LogP contribution in [0.25, 0.3) is 98.4 Å². The average Bonchev–Trinajstić information content (AvgIpc) is 3.36. The summed E-state index contributed by atoms with van der Waals surface area (Å²) in [4.78, 5) is 2.40. The Morgan fingerprint density at radius 3 is 1.48 bits per heavy atom. The average molecular weight is 800 g/mol. The Labute approximate surface area is 367 Å². The third-order valence-electron chi connectivity index (χ3n) is 12.8. The van der Waals surface area contributed by atoms with Crippen LogP contribution in [0.1, 0.15) is 0 Å². The van der Waals surface area contributed by atoms with E-state index < -0.39 is 0 Å². The molecule has 12 rings (SSSR count). The summed E-state index contributed by atoms with van der Waals surface area (Å²) in [5.41, 5.74) is 13.0. The second kappa shape index (κ2) is 15.3. The molecule has 0 aliphatic carbocycles. The van der Waals surface area contributed by atoms with Crippen LogP contribution < -0.4 is 4.90 Å². The molecular weight excluding hydrogens is 759 g/mol. The third kappa shape index (κ3) is 6.42. The second-order valence-electron chi connectivity index (χ2n) is 16.4. The molecule has 0 saturated heterocycles. The fourth-order valence-electron chi connectivity index (χ4n) is 9.85. The van der Waals surface area contributed by atoms with Gasteiger partial charge in [-0.3, -0.25) is 0 Å². The summed E-state index contributed by atoms with van der Waals surface area (Å²) in [5.74, 6) is 0. The summed E-state index contributed by atoms with van der Waals surface area (Å²) in [6.45, 7) is 0. The Kier molecular flexibility index (Phi) is 8.90. The van der Waals surface area contributed by atoms with Crippen LogP contribution in [0.3, 0.4) is 0 Å². The van der Waals surface area contributed by atoms with E-state index in [4.69, 9.17) is 0 Å². The fourth-order valence-corrected chi connectivity index (χ4v) is 9.85. The van der Waals surface area contributed by atoms with Gasteiger partial charge in [0.1, 0.15) is 0 Å². The molecule has 0 atom stereocenters. The number of hydrogen-bond donors (Lipinski definition) is 0. The van der Waals surface area contributed by atoms with Gasteiger partial charge in [0.15, 0.2) is 0 Å². The van der Waals surface area contributed by atoms with Crippen LogP contribution >= 0.6 is 0 Å². The minimum absolute atomic E-state index is 1.10. The minimum atomic E-state index is 1.10. The van der Waals surface area contributed by atoms with E-state index in [1.54, 1.807) is 0 Å². The van der Waals surface area contributed by atoms with Gasteiger partial charge in [0.25, 0.3) is 0 Å². The SMILES string of the molecule is c1ccc(-c2c(-c3ccccc3)c3cc(-c4cccc(N(c5ccc(-c6cccc7c6ccc6ccccc67)cc5)c5ccc6ccccc6c5)c4)ccc3c3ccccc23)cc1. The first kappa shape index (κ1) is 36.6. The van der Waals surface area contributed by atoms with Crippen LogP contribution in [0.4, 0.5) is 17.1 Å². The van der Waals surface area contributed by atoms with E-state index in [9.17, 15) is 0 Å². The zero-order chi connectivity index (χ0) is 41.7. The molecular formula is C62H41N. The molecule has 0 N–H and O–H groups in total. The summed E-state index contributed by atoms with van der Waals surface area (Å²) in [7, 11) is 0. The van der Waals surface area contributed by atoms with Crippen LogP contribution in [-0.4, -0.2) is 0 Å². The molecule has 0 amide bonds. The lowest BCUT2D eigenvalue weighted by Gasteiger charge is -2.27. The van der Waals surface area contributed by atoms with E-state index in [0.717, 1.165) is 22.6 Å². The van der Waals surface area contributed by atoms with Crippen molar-refractivity contribution in [2.24, 2.45) is 0 Å². The van der Waals surface area contributed by atoms with Crippen molar-refractivity contribution in [1.82, 2.24) is 0 Å². The van der Waals surface area contributed by atoms with Gasteiger partial charge in [0.2, 0.25) is 0 Å². The largest absolute Gasteiger partial charge is 0.310 e. The lowest BCUT2D eigenvalue weighted by Crippen LogP contribution is -2.10. The smallest absolute Gasteiger partial charge is 0.0468 e. The van der Waals surface area contributed by atoms with Crippen LogP contribution in [0, 0.1) is 0 Å². The van der Waals surface area contributed by atoms with E-state index in [0.29, 0.717) is 0 Å². The van der Waals surface area contributed by atoms with Crippen molar-refractivity contribution >= 4 is 70.9 Å². The van der Waals surface area contributed by atoms with Gasteiger partial charge in [-0.15, -0.1) is 0 Å². The monoisotopic (exact) mass is 799 g/mol. The van der Waals surface area contributed by atoms with E-state index in [1.807, 2.05) is 0 Å². The number of anilines is 3.